The molecule has 0 bridgehead atoms. The van der Waals surface area contributed by atoms with E-state index in [0.717, 1.165) is 22.4 Å². The molecule has 0 aliphatic rings. The number of nitrogens with one attached hydrogen (secondary N) is 3. The Kier molecular flexibility index (Phi) is 7.30. The summed E-state index contributed by atoms with van der Waals surface area (Å²) in [6.45, 7) is 3.97. The van der Waals surface area contributed by atoms with Gasteiger partial charge in [0.05, 0.1) is 0 Å². The Bertz CT molecular complexity index is 1140. The summed E-state index contributed by atoms with van der Waals surface area (Å²) in [4.78, 5) is 24.6. The van der Waals surface area contributed by atoms with Gasteiger partial charge in [0.25, 0.3) is 5.91 Å². The van der Waals surface area contributed by atoms with Crippen LogP contribution in [-0.2, 0) is 4.79 Å². The minimum Gasteiger partial charge on any atom is -0.332 e. The van der Waals surface area contributed by atoms with Crippen molar-refractivity contribution in [2.75, 3.05) is 10.6 Å². The van der Waals surface area contributed by atoms with E-state index in [9.17, 15) is 9.59 Å². The van der Waals surface area contributed by atoms with E-state index in [1.807, 2.05) is 62.4 Å². The summed E-state index contributed by atoms with van der Waals surface area (Å²) in [5.41, 5.74) is 4.94. The molecule has 0 saturated carbocycles. The molecule has 0 unspecified atom stereocenters. The van der Waals surface area contributed by atoms with Crippen LogP contribution in [0.2, 0.25) is 0 Å². The Morgan fingerprint density at radius 1 is 0.806 bits per heavy atom. The second kappa shape index (κ2) is 10.3. The Morgan fingerprint density at radius 3 is 2.19 bits per heavy atom. The first-order chi connectivity index (χ1) is 14.9. The van der Waals surface area contributed by atoms with Crippen LogP contribution < -0.4 is 16.0 Å². The molecule has 0 aromatic heterocycles. The molecule has 6 heteroatoms. The van der Waals surface area contributed by atoms with Crippen molar-refractivity contribution < 1.29 is 9.59 Å². The predicted molar refractivity (Wildman–Crippen MR) is 130 cm³/mol. The van der Waals surface area contributed by atoms with Crippen LogP contribution in [0.4, 0.5) is 11.4 Å². The average Bonchev–Trinajstić information content (AvgIpc) is 2.73. The first-order valence-corrected chi connectivity index (χ1v) is 10.1. The second-order valence-electron chi connectivity index (χ2n) is 7.09. The predicted octanol–water partition coefficient (Wildman–Crippen LogP) is 5.08. The van der Waals surface area contributed by atoms with E-state index in [0.29, 0.717) is 11.3 Å². The third-order valence-electron chi connectivity index (χ3n) is 4.40. The molecule has 31 heavy (non-hydrogen) atoms. The monoisotopic (exact) mass is 429 g/mol. The average molecular weight is 430 g/mol. The van der Waals surface area contributed by atoms with Gasteiger partial charge >= 0.3 is 0 Å². The van der Waals surface area contributed by atoms with Crippen LogP contribution in [-0.4, -0.2) is 16.9 Å². The molecule has 3 aromatic carbocycles. The van der Waals surface area contributed by atoms with Crippen LogP contribution in [0.25, 0.3) is 6.08 Å². The normalized spacial score (nSPS) is 10.5. The highest BCUT2D eigenvalue weighted by atomic mass is 32.1. The van der Waals surface area contributed by atoms with Gasteiger partial charge in [-0.05, 0) is 73.6 Å². The fourth-order valence-corrected chi connectivity index (χ4v) is 3.05. The molecule has 0 spiro atoms. The van der Waals surface area contributed by atoms with Crippen molar-refractivity contribution in [1.29, 1.82) is 0 Å². The van der Waals surface area contributed by atoms with Gasteiger partial charge in [0, 0.05) is 23.0 Å². The number of hydrogen-bond acceptors (Lipinski definition) is 3. The molecule has 3 N–H and O–H groups in total. The van der Waals surface area contributed by atoms with Gasteiger partial charge in [-0.15, -0.1) is 0 Å². The molecule has 3 rings (SSSR count). The van der Waals surface area contributed by atoms with Crippen LogP contribution >= 0.6 is 12.2 Å². The number of benzene rings is 3. The SMILES string of the molecule is Cc1ccc(/C=C/C(=O)NC(=S)Nc2cccc(C(=O)Nc3cccc(C)c3)c2)cc1. The Morgan fingerprint density at radius 2 is 1.48 bits per heavy atom. The van der Waals surface area contributed by atoms with Crippen LogP contribution in [0, 0.1) is 13.8 Å². The first kappa shape index (κ1) is 21.9. The van der Waals surface area contributed by atoms with Crippen molar-refractivity contribution in [2.45, 2.75) is 13.8 Å². The summed E-state index contributed by atoms with van der Waals surface area (Å²) in [6.07, 6.45) is 3.14. The molecule has 0 heterocycles. The van der Waals surface area contributed by atoms with Crippen LogP contribution in [0.5, 0.6) is 0 Å². The Labute approximate surface area is 187 Å². The number of carbonyl (C=O) groups excluding carboxylic acids is 2. The van der Waals surface area contributed by atoms with Gasteiger partial charge < -0.3 is 10.6 Å². The van der Waals surface area contributed by atoms with Crippen molar-refractivity contribution in [2.24, 2.45) is 0 Å². The second-order valence-corrected chi connectivity index (χ2v) is 7.50. The van der Waals surface area contributed by atoms with Crippen molar-refractivity contribution >= 4 is 46.6 Å². The number of thiocarbonyl (C=S) groups is 1. The minimum atomic E-state index is -0.341. The lowest BCUT2D eigenvalue weighted by Crippen LogP contribution is -2.32. The smallest absolute Gasteiger partial charge is 0.255 e. The molecule has 156 valence electrons. The van der Waals surface area contributed by atoms with E-state index in [1.165, 1.54) is 6.08 Å². The maximum atomic E-state index is 12.5. The van der Waals surface area contributed by atoms with E-state index in [-0.39, 0.29) is 16.9 Å². The lowest BCUT2D eigenvalue weighted by molar-refractivity contribution is -0.115. The zero-order chi connectivity index (χ0) is 22.2. The molecule has 0 aliphatic carbocycles. The van der Waals surface area contributed by atoms with Gasteiger partial charge in [-0.25, -0.2) is 0 Å². The molecule has 0 saturated heterocycles. The lowest BCUT2D eigenvalue weighted by atomic mass is 10.1. The first-order valence-electron chi connectivity index (χ1n) is 9.74. The summed E-state index contributed by atoms with van der Waals surface area (Å²) in [5, 5.41) is 8.55. The van der Waals surface area contributed by atoms with E-state index < -0.39 is 0 Å². The van der Waals surface area contributed by atoms with E-state index in [2.05, 4.69) is 16.0 Å². The van der Waals surface area contributed by atoms with Gasteiger partial charge in [-0.1, -0.05) is 48.0 Å². The summed E-state index contributed by atoms with van der Waals surface area (Å²) < 4.78 is 0. The molecular formula is C25H23N3O2S. The van der Waals surface area contributed by atoms with Gasteiger partial charge in [0.2, 0.25) is 5.91 Å². The standard InChI is InChI=1S/C25H23N3O2S/c1-17-9-11-19(12-10-17)13-14-23(29)28-25(31)27-22-8-4-6-20(16-22)24(30)26-21-7-3-5-18(2)15-21/h3-16H,1-2H3,(H,26,30)(H2,27,28,29,31)/b14-13+. The molecule has 0 aliphatic heterocycles. The van der Waals surface area contributed by atoms with E-state index in [4.69, 9.17) is 12.2 Å². The highest BCUT2D eigenvalue weighted by molar-refractivity contribution is 7.80. The number of amides is 2. The van der Waals surface area contributed by atoms with Gasteiger partial charge in [-0.3, -0.25) is 14.9 Å². The van der Waals surface area contributed by atoms with Crippen LogP contribution in [0.1, 0.15) is 27.0 Å². The molecular weight excluding hydrogens is 406 g/mol. The summed E-state index contributed by atoms with van der Waals surface area (Å²) in [5.74, 6) is -0.573. The molecule has 5 nitrogen and oxygen atoms in total. The summed E-state index contributed by atoms with van der Waals surface area (Å²) in [7, 11) is 0. The minimum absolute atomic E-state index is 0.148. The highest BCUT2D eigenvalue weighted by Crippen LogP contribution is 2.15. The number of aryl methyl sites for hydroxylation is 2. The molecule has 2 amide bonds. The van der Waals surface area contributed by atoms with Crippen LogP contribution in [0.3, 0.4) is 0 Å². The summed E-state index contributed by atoms with van der Waals surface area (Å²) >= 11 is 5.21. The van der Waals surface area contributed by atoms with Crippen molar-refractivity contribution in [3.05, 3.63) is 101 Å². The molecule has 0 fully saturated rings. The van der Waals surface area contributed by atoms with Crippen molar-refractivity contribution in [3.63, 3.8) is 0 Å². The van der Waals surface area contributed by atoms with E-state index in [1.54, 1.807) is 30.3 Å². The Balaban J connectivity index is 1.57. The van der Waals surface area contributed by atoms with Gasteiger partial charge in [-0.2, -0.15) is 0 Å². The topological polar surface area (TPSA) is 70.2 Å². The summed E-state index contributed by atoms with van der Waals surface area (Å²) in [6, 6.07) is 22.3. The number of hydrogen-bond donors (Lipinski definition) is 3. The lowest BCUT2D eigenvalue weighted by Gasteiger charge is -2.10. The van der Waals surface area contributed by atoms with Gasteiger partial charge in [0.15, 0.2) is 5.11 Å². The maximum Gasteiger partial charge on any atom is 0.255 e. The van der Waals surface area contributed by atoms with Crippen molar-refractivity contribution in [1.82, 2.24) is 5.32 Å². The zero-order valence-corrected chi connectivity index (χ0v) is 18.1. The van der Waals surface area contributed by atoms with Crippen LogP contribution in [0.15, 0.2) is 78.9 Å². The number of rotatable bonds is 5. The van der Waals surface area contributed by atoms with Gasteiger partial charge in [0.1, 0.15) is 0 Å². The molecule has 0 radical (unpaired) electrons. The fourth-order valence-electron chi connectivity index (χ4n) is 2.83. The number of carbonyl (C=O) groups is 2. The maximum absolute atomic E-state index is 12.5. The quantitative estimate of drug-likeness (QED) is 0.391. The van der Waals surface area contributed by atoms with E-state index >= 15 is 0 Å². The fraction of sp³-hybridized carbons (Fsp3) is 0.0800. The highest BCUT2D eigenvalue weighted by Gasteiger charge is 2.08. The largest absolute Gasteiger partial charge is 0.332 e. The number of anilines is 2. The van der Waals surface area contributed by atoms with Crippen molar-refractivity contribution in [3.8, 4) is 0 Å². The molecule has 3 aromatic rings. The third-order valence-corrected chi connectivity index (χ3v) is 4.60. The third kappa shape index (κ3) is 6.90. The zero-order valence-electron chi connectivity index (χ0n) is 17.3. The molecule has 0 atom stereocenters. The Hall–Kier alpha value is -3.77.